The SMILES string of the molecule is Clc1cc(SCCN2CCOCC2)nc(C2CC2)n1. The molecule has 1 aromatic rings. The molecule has 0 N–H and O–H groups in total. The molecule has 2 aliphatic rings. The largest absolute Gasteiger partial charge is 0.379 e. The highest BCUT2D eigenvalue weighted by atomic mass is 35.5. The molecule has 19 heavy (non-hydrogen) atoms. The minimum Gasteiger partial charge on any atom is -0.379 e. The number of hydrogen-bond donors (Lipinski definition) is 0. The molecule has 4 nitrogen and oxygen atoms in total. The van der Waals surface area contributed by atoms with E-state index >= 15 is 0 Å². The maximum Gasteiger partial charge on any atom is 0.134 e. The van der Waals surface area contributed by atoms with Crippen molar-refractivity contribution in [2.45, 2.75) is 23.8 Å². The summed E-state index contributed by atoms with van der Waals surface area (Å²) < 4.78 is 5.34. The number of thioether (sulfide) groups is 1. The Kier molecular flexibility index (Phi) is 4.58. The van der Waals surface area contributed by atoms with Crippen molar-refractivity contribution in [1.82, 2.24) is 14.9 Å². The summed E-state index contributed by atoms with van der Waals surface area (Å²) >= 11 is 7.83. The van der Waals surface area contributed by atoms with Gasteiger partial charge in [0.1, 0.15) is 16.0 Å². The molecule has 2 fully saturated rings. The normalized spacial score (nSPS) is 20.7. The van der Waals surface area contributed by atoms with Crippen molar-refractivity contribution in [2.24, 2.45) is 0 Å². The summed E-state index contributed by atoms with van der Waals surface area (Å²) in [6, 6.07) is 1.87. The molecule has 6 heteroatoms. The Balaban J connectivity index is 1.51. The van der Waals surface area contributed by atoms with E-state index in [1.54, 1.807) is 11.8 Å². The lowest BCUT2D eigenvalue weighted by atomic mass is 10.4. The van der Waals surface area contributed by atoms with E-state index in [9.17, 15) is 0 Å². The van der Waals surface area contributed by atoms with E-state index in [0.717, 1.165) is 49.5 Å². The summed E-state index contributed by atoms with van der Waals surface area (Å²) in [5, 5.41) is 1.58. The van der Waals surface area contributed by atoms with Gasteiger partial charge < -0.3 is 4.74 Å². The van der Waals surface area contributed by atoms with Gasteiger partial charge in [0, 0.05) is 37.4 Å². The molecule has 1 aromatic heterocycles. The molecule has 1 aliphatic carbocycles. The fourth-order valence-corrected chi connectivity index (χ4v) is 3.28. The molecule has 1 saturated carbocycles. The zero-order valence-corrected chi connectivity index (χ0v) is 12.4. The van der Waals surface area contributed by atoms with E-state index < -0.39 is 0 Å². The van der Waals surface area contributed by atoms with Crippen molar-refractivity contribution in [3.63, 3.8) is 0 Å². The highest BCUT2D eigenvalue weighted by Gasteiger charge is 2.27. The maximum absolute atomic E-state index is 6.06. The van der Waals surface area contributed by atoms with E-state index in [1.165, 1.54) is 12.8 Å². The van der Waals surface area contributed by atoms with Crippen LogP contribution in [0.5, 0.6) is 0 Å². The van der Waals surface area contributed by atoms with Crippen LogP contribution in [0.15, 0.2) is 11.1 Å². The van der Waals surface area contributed by atoms with Gasteiger partial charge in [0.15, 0.2) is 0 Å². The van der Waals surface area contributed by atoms with E-state index in [4.69, 9.17) is 16.3 Å². The average Bonchev–Trinajstić information content (AvgIpc) is 3.24. The minimum atomic E-state index is 0.553. The van der Waals surface area contributed by atoms with Gasteiger partial charge in [-0.1, -0.05) is 11.6 Å². The van der Waals surface area contributed by atoms with Crippen LogP contribution in [0, 0.1) is 0 Å². The number of halogens is 1. The molecule has 0 bridgehead atoms. The molecule has 0 spiro atoms. The summed E-state index contributed by atoms with van der Waals surface area (Å²) in [5.74, 6) is 2.52. The van der Waals surface area contributed by atoms with Crippen LogP contribution in [-0.4, -0.2) is 53.5 Å². The standard InChI is InChI=1S/C13H18ClN3OS/c14-11-9-12(16-13(15-11)10-1-2-10)19-8-5-17-3-6-18-7-4-17/h9-10H,1-8H2. The monoisotopic (exact) mass is 299 g/mol. The van der Waals surface area contributed by atoms with Crippen molar-refractivity contribution >= 4 is 23.4 Å². The number of aromatic nitrogens is 2. The van der Waals surface area contributed by atoms with Crippen molar-refractivity contribution in [3.8, 4) is 0 Å². The lowest BCUT2D eigenvalue weighted by Gasteiger charge is -2.26. The second-order valence-electron chi connectivity index (χ2n) is 4.96. The van der Waals surface area contributed by atoms with E-state index in [-0.39, 0.29) is 0 Å². The van der Waals surface area contributed by atoms with Gasteiger partial charge in [-0.05, 0) is 12.8 Å². The molecule has 1 aliphatic heterocycles. The van der Waals surface area contributed by atoms with Crippen LogP contribution < -0.4 is 0 Å². The van der Waals surface area contributed by atoms with Gasteiger partial charge in [0.25, 0.3) is 0 Å². The number of nitrogens with zero attached hydrogens (tertiary/aromatic N) is 3. The molecule has 2 heterocycles. The van der Waals surface area contributed by atoms with Crippen LogP contribution in [0.25, 0.3) is 0 Å². The third-order valence-corrected chi connectivity index (χ3v) is 4.48. The molecule has 0 amide bonds. The van der Waals surface area contributed by atoms with Gasteiger partial charge >= 0.3 is 0 Å². The smallest absolute Gasteiger partial charge is 0.134 e. The molecule has 0 unspecified atom stereocenters. The highest BCUT2D eigenvalue weighted by Crippen LogP contribution is 2.39. The van der Waals surface area contributed by atoms with Crippen molar-refractivity contribution in [1.29, 1.82) is 0 Å². The molecule has 3 rings (SSSR count). The van der Waals surface area contributed by atoms with Crippen LogP contribution in [-0.2, 0) is 4.74 Å². The maximum atomic E-state index is 6.06. The summed E-state index contributed by atoms with van der Waals surface area (Å²) in [5.41, 5.74) is 0. The lowest BCUT2D eigenvalue weighted by molar-refractivity contribution is 0.0410. The Labute approximate surface area is 122 Å². The average molecular weight is 300 g/mol. The molecule has 0 atom stereocenters. The van der Waals surface area contributed by atoms with E-state index in [2.05, 4.69) is 14.9 Å². The Morgan fingerprint density at radius 2 is 2.11 bits per heavy atom. The zero-order chi connectivity index (χ0) is 13.1. The quantitative estimate of drug-likeness (QED) is 0.617. The van der Waals surface area contributed by atoms with Gasteiger partial charge in [-0.15, -0.1) is 11.8 Å². The first-order valence-corrected chi connectivity index (χ1v) is 8.15. The second-order valence-corrected chi connectivity index (χ2v) is 6.47. The van der Waals surface area contributed by atoms with Gasteiger partial charge in [-0.3, -0.25) is 4.90 Å². The predicted molar refractivity (Wildman–Crippen MR) is 77.0 cm³/mol. The highest BCUT2D eigenvalue weighted by molar-refractivity contribution is 7.99. The third kappa shape index (κ3) is 4.05. The molecular formula is C13H18ClN3OS. The Morgan fingerprint density at radius 1 is 1.32 bits per heavy atom. The van der Waals surface area contributed by atoms with Gasteiger partial charge in [0.2, 0.25) is 0 Å². The van der Waals surface area contributed by atoms with Crippen molar-refractivity contribution < 1.29 is 4.74 Å². The molecule has 104 valence electrons. The first-order valence-electron chi connectivity index (χ1n) is 6.78. The van der Waals surface area contributed by atoms with E-state index in [0.29, 0.717) is 11.1 Å². The fourth-order valence-electron chi connectivity index (χ4n) is 2.12. The van der Waals surface area contributed by atoms with Crippen LogP contribution in [0.2, 0.25) is 5.15 Å². The lowest BCUT2D eigenvalue weighted by Crippen LogP contribution is -2.37. The van der Waals surface area contributed by atoms with Crippen molar-refractivity contribution in [3.05, 3.63) is 17.0 Å². The summed E-state index contributed by atoms with van der Waals surface area (Å²) in [6.07, 6.45) is 2.41. The Hall–Kier alpha value is -0.360. The Morgan fingerprint density at radius 3 is 2.84 bits per heavy atom. The van der Waals surface area contributed by atoms with Crippen LogP contribution in [0.3, 0.4) is 0 Å². The third-order valence-electron chi connectivity index (χ3n) is 3.39. The van der Waals surface area contributed by atoms with Gasteiger partial charge in [-0.25, -0.2) is 9.97 Å². The van der Waals surface area contributed by atoms with E-state index in [1.807, 2.05) is 6.07 Å². The number of ether oxygens (including phenoxy) is 1. The number of morpholine rings is 1. The van der Waals surface area contributed by atoms with Crippen LogP contribution in [0.1, 0.15) is 24.6 Å². The topological polar surface area (TPSA) is 38.2 Å². The first-order chi connectivity index (χ1) is 9.31. The number of rotatable bonds is 5. The Bertz CT molecular complexity index is 436. The van der Waals surface area contributed by atoms with Gasteiger partial charge in [0.05, 0.1) is 13.2 Å². The fraction of sp³-hybridized carbons (Fsp3) is 0.692. The number of hydrogen-bond acceptors (Lipinski definition) is 5. The second kappa shape index (κ2) is 6.39. The summed E-state index contributed by atoms with van der Waals surface area (Å²) in [4.78, 5) is 11.3. The van der Waals surface area contributed by atoms with Gasteiger partial charge in [-0.2, -0.15) is 0 Å². The molecule has 1 saturated heterocycles. The zero-order valence-electron chi connectivity index (χ0n) is 10.8. The molecule has 0 radical (unpaired) electrons. The summed E-state index contributed by atoms with van der Waals surface area (Å²) in [6.45, 7) is 4.87. The van der Waals surface area contributed by atoms with Crippen LogP contribution in [0.4, 0.5) is 0 Å². The molecule has 0 aromatic carbocycles. The molecular weight excluding hydrogens is 282 g/mol. The van der Waals surface area contributed by atoms with Crippen molar-refractivity contribution in [2.75, 3.05) is 38.6 Å². The predicted octanol–water partition coefficient (Wildman–Crippen LogP) is 2.43. The summed E-state index contributed by atoms with van der Waals surface area (Å²) in [7, 11) is 0. The first kappa shape index (κ1) is 13.6. The minimum absolute atomic E-state index is 0.553. The van der Waals surface area contributed by atoms with Crippen LogP contribution >= 0.6 is 23.4 Å².